The summed E-state index contributed by atoms with van der Waals surface area (Å²) < 4.78 is 17.3. The SMILES string of the molecule is CC(C)(C)OC(=O)NC(CC(=O)O)Cc1ccc(B2OC(C)(C)C(C)(C)O2)cc1. The molecule has 1 atom stereocenters. The molecule has 29 heavy (non-hydrogen) atoms. The minimum Gasteiger partial charge on any atom is -0.481 e. The fourth-order valence-corrected chi connectivity index (χ4v) is 2.93. The van der Waals surface area contributed by atoms with Gasteiger partial charge in [0.05, 0.1) is 17.6 Å². The fourth-order valence-electron chi connectivity index (χ4n) is 2.93. The third-order valence-corrected chi connectivity index (χ3v) is 5.13. The van der Waals surface area contributed by atoms with Crippen LogP contribution in [0.1, 0.15) is 60.5 Å². The highest BCUT2D eigenvalue weighted by Crippen LogP contribution is 2.36. The Hall–Kier alpha value is -2.06. The lowest BCUT2D eigenvalue weighted by molar-refractivity contribution is -0.137. The van der Waals surface area contributed by atoms with Gasteiger partial charge in [0.2, 0.25) is 0 Å². The second-order valence-electron chi connectivity index (χ2n) is 9.47. The molecule has 1 aromatic rings. The molecule has 1 fully saturated rings. The van der Waals surface area contributed by atoms with E-state index in [0.717, 1.165) is 11.0 Å². The van der Waals surface area contributed by atoms with Gasteiger partial charge in [0.25, 0.3) is 0 Å². The molecule has 2 N–H and O–H groups in total. The van der Waals surface area contributed by atoms with Crippen molar-refractivity contribution in [3.8, 4) is 0 Å². The molecule has 0 radical (unpaired) electrons. The van der Waals surface area contributed by atoms with Crippen LogP contribution in [0.15, 0.2) is 24.3 Å². The molecule has 0 bridgehead atoms. The van der Waals surface area contributed by atoms with Gasteiger partial charge in [-0.1, -0.05) is 24.3 Å². The Morgan fingerprint density at radius 1 is 1.10 bits per heavy atom. The van der Waals surface area contributed by atoms with Crippen LogP contribution in [0.2, 0.25) is 0 Å². The van der Waals surface area contributed by atoms with E-state index >= 15 is 0 Å². The van der Waals surface area contributed by atoms with E-state index in [9.17, 15) is 9.59 Å². The Morgan fingerprint density at radius 3 is 2.07 bits per heavy atom. The van der Waals surface area contributed by atoms with Crippen molar-refractivity contribution >= 4 is 24.6 Å². The summed E-state index contributed by atoms with van der Waals surface area (Å²) in [5.41, 5.74) is 0.304. The first-order chi connectivity index (χ1) is 13.2. The number of alkyl carbamates (subject to hydrolysis) is 1. The first kappa shape index (κ1) is 23.2. The number of nitrogens with one attached hydrogen (secondary N) is 1. The molecule has 0 saturated carbocycles. The number of carbonyl (C=O) groups is 2. The maximum Gasteiger partial charge on any atom is 0.494 e. The zero-order valence-electron chi connectivity index (χ0n) is 18.4. The number of ether oxygens (including phenoxy) is 1. The van der Waals surface area contributed by atoms with Crippen LogP contribution in [0, 0.1) is 0 Å². The molecule has 1 aliphatic heterocycles. The molecular formula is C21H32BNO6. The van der Waals surface area contributed by atoms with Crippen molar-refractivity contribution in [2.75, 3.05) is 0 Å². The standard InChI is InChI=1S/C21H32BNO6/c1-19(2,3)27-18(26)23-16(13-17(24)25)12-14-8-10-15(11-9-14)22-28-20(4,5)21(6,7)29-22/h8-11,16H,12-13H2,1-7H3,(H,23,26)(H,24,25). The first-order valence-electron chi connectivity index (χ1n) is 9.84. The molecule has 7 nitrogen and oxygen atoms in total. The molecule has 1 saturated heterocycles. The highest BCUT2D eigenvalue weighted by atomic mass is 16.7. The van der Waals surface area contributed by atoms with E-state index in [0.29, 0.717) is 6.42 Å². The molecule has 1 aliphatic rings. The number of benzene rings is 1. The molecule has 8 heteroatoms. The maximum absolute atomic E-state index is 12.0. The summed E-state index contributed by atoms with van der Waals surface area (Å²) in [5, 5.41) is 11.8. The van der Waals surface area contributed by atoms with Gasteiger partial charge in [-0.05, 0) is 65.9 Å². The molecule has 1 amide bonds. The lowest BCUT2D eigenvalue weighted by Crippen LogP contribution is -2.41. The van der Waals surface area contributed by atoms with Gasteiger partial charge in [0.1, 0.15) is 5.60 Å². The maximum atomic E-state index is 12.0. The molecule has 160 valence electrons. The molecule has 1 heterocycles. The van der Waals surface area contributed by atoms with E-state index in [-0.39, 0.29) is 6.42 Å². The molecule has 2 rings (SSSR count). The van der Waals surface area contributed by atoms with Crippen molar-refractivity contribution < 1.29 is 28.7 Å². The van der Waals surface area contributed by atoms with E-state index in [1.807, 2.05) is 52.0 Å². The second-order valence-corrected chi connectivity index (χ2v) is 9.47. The van der Waals surface area contributed by atoms with E-state index in [4.69, 9.17) is 19.2 Å². The number of carbonyl (C=O) groups excluding carboxylic acids is 1. The van der Waals surface area contributed by atoms with Gasteiger partial charge in [-0.25, -0.2) is 4.79 Å². The zero-order valence-corrected chi connectivity index (χ0v) is 18.4. The topological polar surface area (TPSA) is 94.1 Å². The number of rotatable bonds is 6. The van der Waals surface area contributed by atoms with Gasteiger partial charge in [0.15, 0.2) is 0 Å². The predicted molar refractivity (Wildman–Crippen MR) is 111 cm³/mol. The molecule has 1 aromatic carbocycles. The van der Waals surface area contributed by atoms with Gasteiger partial charge in [-0.2, -0.15) is 0 Å². The normalized spacial score (nSPS) is 18.9. The monoisotopic (exact) mass is 405 g/mol. The van der Waals surface area contributed by atoms with Crippen molar-refractivity contribution in [3.05, 3.63) is 29.8 Å². The van der Waals surface area contributed by atoms with Gasteiger partial charge in [-0.3, -0.25) is 4.79 Å². The third kappa shape index (κ3) is 6.47. The Kier molecular flexibility index (Phi) is 6.70. The summed E-state index contributed by atoms with van der Waals surface area (Å²) in [4.78, 5) is 23.2. The molecule has 1 unspecified atom stereocenters. The average molecular weight is 405 g/mol. The molecule has 0 aliphatic carbocycles. The van der Waals surface area contributed by atoms with Crippen LogP contribution in [0.25, 0.3) is 0 Å². The van der Waals surface area contributed by atoms with Gasteiger partial charge in [-0.15, -0.1) is 0 Å². The van der Waals surface area contributed by atoms with Gasteiger partial charge < -0.3 is 24.5 Å². The summed E-state index contributed by atoms with van der Waals surface area (Å²) in [7, 11) is -0.455. The molecular weight excluding hydrogens is 373 g/mol. The predicted octanol–water partition coefficient (Wildman–Crippen LogP) is 2.90. The quantitative estimate of drug-likeness (QED) is 0.707. The summed E-state index contributed by atoms with van der Waals surface area (Å²) in [6, 6.07) is 7.02. The Labute approximate surface area is 173 Å². The summed E-state index contributed by atoms with van der Waals surface area (Å²) in [5.74, 6) is -0.986. The Morgan fingerprint density at radius 2 is 1.62 bits per heavy atom. The minimum atomic E-state index is -0.986. The van der Waals surface area contributed by atoms with Crippen molar-refractivity contribution in [2.24, 2.45) is 0 Å². The highest BCUT2D eigenvalue weighted by Gasteiger charge is 2.51. The zero-order chi connectivity index (χ0) is 22.0. The van der Waals surface area contributed by atoms with Gasteiger partial charge >= 0.3 is 19.2 Å². The van der Waals surface area contributed by atoms with Crippen LogP contribution in [-0.2, 0) is 25.3 Å². The van der Waals surface area contributed by atoms with E-state index in [1.165, 1.54) is 0 Å². The fraction of sp³-hybridized carbons (Fsp3) is 0.619. The summed E-state index contributed by atoms with van der Waals surface area (Å²) in [6.07, 6.45) is -0.453. The van der Waals surface area contributed by atoms with E-state index in [1.54, 1.807) is 20.8 Å². The smallest absolute Gasteiger partial charge is 0.481 e. The first-order valence-corrected chi connectivity index (χ1v) is 9.84. The van der Waals surface area contributed by atoms with Crippen molar-refractivity contribution in [3.63, 3.8) is 0 Å². The lowest BCUT2D eigenvalue weighted by Gasteiger charge is -2.32. The number of amides is 1. The third-order valence-electron chi connectivity index (χ3n) is 5.13. The number of aliphatic carboxylic acids is 1. The van der Waals surface area contributed by atoms with Crippen molar-refractivity contribution in [1.29, 1.82) is 0 Å². The highest BCUT2D eigenvalue weighted by molar-refractivity contribution is 6.62. The number of hydrogen-bond acceptors (Lipinski definition) is 5. The largest absolute Gasteiger partial charge is 0.494 e. The van der Waals surface area contributed by atoms with Crippen LogP contribution in [0.3, 0.4) is 0 Å². The number of hydrogen-bond donors (Lipinski definition) is 2. The van der Waals surface area contributed by atoms with Gasteiger partial charge in [0, 0.05) is 6.04 Å². The Balaban J connectivity index is 2.05. The molecule has 0 spiro atoms. The van der Waals surface area contributed by atoms with Crippen LogP contribution in [0.4, 0.5) is 4.79 Å². The minimum absolute atomic E-state index is 0.196. The van der Waals surface area contributed by atoms with Crippen LogP contribution in [-0.4, -0.2) is 47.1 Å². The lowest BCUT2D eigenvalue weighted by atomic mass is 9.78. The van der Waals surface area contributed by atoms with Crippen LogP contribution >= 0.6 is 0 Å². The average Bonchev–Trinajstić information content (AvgIpc) is 2.73. The van der Waals surface area contributed by atoms with Crippen LogP contribution in [0.5, 0.6) is 0 Å². The summed E-state index contributed by atoms with van der Waals surface area (Å²) >= 11 is 0. The number of carboxylic acids is 1. The van der Waals surface area contributed by atoms with Crippen molar-refractivity contribution in [2.45, 2.75) is 84.2 Å². The second kappa shape index (κ2) is 8.36. The van der Waals surface area contributed by atoms with Crippen molar-refractivity contribution in [1.82, 2.24) is 5.32 Å². The molecule has 0 aromatic heterocycles. The number of carboxylic acid groups (broad SMARTS) is 1. The van der Waals surface area contributed by atoms with E-state index < -0.39 is 42.0 Å². The summed E-state index contributed by atoms with van der Waals surface area (Å²) in [6.45, 7) is 13.3. The van der Waals surface area contributed by atoms with E-state index in [2.05, 4.69) is 5.32 Å². The Bertz CT molecular complexity index is 723. The van der Waals surface area contributed by atoms with Crippen LogP contribution < -0.4 is 10.8 Å².